The number of hydrogen-bond acceptors (Lipinski definition) is 2. The van der Waals surface area contributed by atoms with Crippen LogP contribution < -0.4 is 11.1 Å². The van der Waals surface area contributed by atoms with E-state index in [2.05, 4.69) is 5.32 Å². The summed E-state index contributed by atoms with van der Waals surface area (Å²) in [7, 11) is 0. The summed E-state index contributed by atoms with van der Waals surface area (Å²) in [5.74, 6) is -0.421. The molecule has 0 heterocycles. The van der Waals surface area contributed by atoms with Gasteiger partial charge in [0.05, 0.1) is 6.54 Å². The molecule has 0 saturated carbocycles. The summed E-state index contributed by atoms with van der Waals surface area (Å²) in [6, 6.07) is 0. The molecule has 0 atom stereocenters. The first-order valence-electron chi connectivity index (χ1n) is 3.97. The third-order valence-corrected chi connectivity index (χ3v) is 1.35. The van der Waals surface area contributed by atoms with Crippen molar-refractivity contribution in [2.24, 2.45) is 5.73 Å². The molecule has 0 aromatic carbocycles. The van der Waals surface area contributed by atoms with E-state index in [0.29, 0.717) is 12.8 Å². The zero-order valence-electron chi connectivity index (χ0n) is 7.16. The van der Waals surface area contributed by atoms with Gasteiger partial charge in [-0.3, -0.25) is 4.79 Å². The van der Waals surface area contributed by atoms with Crippen LogP contribution in [0.2, 0.25) is 0 Å². The minimum Gasteiger partial charge on any atom is -0.370 e. The number of unbranched alkanes of at least 4 members (excludes halogenated alkanes) is 1. The normalized spacial score (nSPS) is 11.6. The molecule has 0 aliphatic heterocycles. The van der Waals surface area contributed by atoms with Crippen LogP contribution >= 0.6 is 0 Å². The van der Waals surface area contributed by atoms with Crippen LogP contribution in [0.3, 0.4) is 0 Å². The Kier molecular flexibility index (Phi) is 5.45. The van der Waals surface area contributed by atoms with Gasteiger partial charge in [0.15, 0.2) is 0 Å². The largest absolute Gasteiger partial charge is 0.401 e. The molecule has 0 unspecified atom stereocenters. The molecule has 0 aromatic heterocycles. The average molecular weight is 198 g/mol. The summed E-state index contributed by atoms with van der Waals surface area (Å²) in [4.78, 5) is 10.2. The quantitative estimate of drug-likeness (QED) is 0.620. The van der Waals surface area contributed by atoms with Gasteiger partial charge in [-0.05, 0) is 19.4 Å². The van der Waals surface area contributed by atoms with Crippen LogP contribution in [0.25, 0.3) is 0 Å². The topological polar surface area (TPSA) is 55.1 Å². The maximum atomic E-state index is 11.6. The molecular formula is C7H13F3N2O. The van der Waals surface area contributed by atoms with E-state index in [-0.39, 0.29) is 13.0 Å². The van der Waals surface area contributed by atoms with Gasteiger partial charge in [0.25, 0.3) is 0 Å². The van der Waals surface area contributed by atoms with Crippen molar-refractivity contribution in [3.63, 3.8) is 0 Å². The number of nitrogens with one attached hydrogen (secondary N) is 1. The van der Waals surface area contributed by atoms with E-state index in [4.69, 9.17) is 5.73 Å². The number of carbonyl (C=O) groups is 1. The number of alkyl halides is 3. The fraction of sp³-hybridized carbons (Fsp3) is 0.857. The van der Waals surface area contributed by atoms with Crippen LogP contribution in [0.1, 0.15) is 19.3 Å². The molecule has 3 nitrogen and oxygen atoms in total. The summed E-state index contributed by atoms with van der Waals surface area (Å²) < 4.78 is 34.7. The Morgan fingerprint density at radius 1 is 1.31 bits per heavy atom. The average Bonchev–Trinajstić information content (AvgIpc) is 1.93. The molecule has 0 aromatic rings. The molecule has 0 spiro atoms. The lowest BCUT2D eigenvalue weighted by Gasteiger charge is -2.07. The predicted molar refractivity (Wildman–Crippen MR) is 42.0 cm³/mol. The first kappa shape index (κ1) is 12.2. The van der Waals surface area contributed by atoms with Gasteiger partial charge in [0.1, 0.15) is 0 Å². The Bertz CT molecular complexity index is 158. The van der Waals surface area contributed by atoms with Crippen molar-refractivity contribution in [3.8, 4) is 0 Å². The van der Waals surface area contributed by atoms with E-state index in [1.807, 2.05) is 0 Å². The van der Waals surface area contributed by atoms with E-state index in [9.17, 15) is 18.0 Å². The molecule has 0 saturated heterocycles. The van der Waals surface area contributed by atoms with E-state index in [1.165, 1.54) is 0 Å². The fourth-order valence-corrected chi connectivity index (χ4v) is 0.779. The van der Waals surface area contributed by atoms with Gasteiger partial charge in [0, 0.05) is 6.42 Å². The zero-order valence-corrected chi connectivity index (χ0v) is 7.16. The first-order valence-corrected chi connectivity index (χ1v) is 3.97. The zero-order chi connectivity index (χ0) is 10.3. The van der Waals surface area contributed by atoms with E-state index in [1.54, 1.807) is 0 Å². The summed E-state index contributed by atoms with van der Waals surface area (Å²) in [5, 5.41) is 2.22. The Labute approximate surface area is 74.5 Å². The summed E-state index contributed by atoms with van der Waals surface area (Å²) in [6.45, 7) is -0.726. The minimum atomic E-state index is -4.16. The van der Waals surface area contributed by atoms with Crippen LogP contribution in [0.5, 0.6) is 0 Å². The monoisotopic (exact) mass is 198 g/mol. The van der Waals surface area contributed by atoms with Crippen LogP contribution in [0.15, 0.2) is 0 Å². The molecular weight excluding hydrogens is 185 g/mol. The molecule has 13 heavy (non-hydrogen) atoms. The molecule has 3 N–H and O–H groups in total. The van der Waals surface area contributed by atoms with E-state index < -0.39 is 18.6 Å². The van der Waals surface area contributed by atoms with Crippen LogP contribution in [0.4, 0.5) is 13.2 Å². The Morgan fingerprint density at radius 3 is 2.38 bits per heavy atom. The molecule has 1 amide bonds. The number of hydrogen-bond donors (Lipinski definition) is 2. The van der Waals surface area contributed by atoms with E-state index in [0.717, 1.165) is 0 Å². The fourth-order valence-electron chi connectivity index (χ4n) is 0.779. The van der Waals surface area contributed by atoms with E-state index >= 15 is 0 Å². The van der Waals surface area contributed by atoms with Crippen molar-refractivity contribution in [1.29, 1.82) is 0 Å². The lowest BCUT2D eigenvalue weighted by atomic mass is 10.2. The summed E-state index contributed by atoms with van der Waals surface area (Å²) in [5.41, 5.74) is 4.84. The maximum absolute atomic E-state index is 11.6. The van der Waals surface area contributed by atoms with Crippen LogP contribution in [-0.2, 0) is 4.79 Å². The van der Waals surface area contributed by atoms with Crippen molar-refractivity contribution < 1.29 is 18.0 Å². The maximum Gasteiger partial charge on any atom is 0.401 e. The number of rotatable bonds is 6. The Morgan fingerprint density at radius 2 is 1.92 bits per heavy atom. The Hall–Kier alpha value is -0.780. The smallest absolute Gasteiger partial charge is 0.370 e. The van der Waals surface area contributed by atoms with Gasteiger partial charge in [-0.1, -0.05) is 0 Å². The number of primary amides is 1. The summed E-state index contributed by atoms with van der Waals surface area (Å²) >= 11 is 0. The van der Waals surface area contributed by atoms with Gasteiger partial charge < -0.3 is 11.1 Å². The van der Waals surface area contributed by atoms with Gasteiger partial charge in [-0.2, -0.15) is 13.2 Å². The molecule has 0 radical (unpaired) electrons. The molecule has 78 valence electrons. The molecule has 0 aliphatic carbocycles. The third-order valence-electron chi connectivity index (χ3n) is 1.35. The van der Waals surface area contributed by atoms with Gasteiger partial charge in [0.2, 0.25) is 5.91 Å². The predicted octanol–water partition coefficient (Wildman–Crippen LogP) is 0.794. The highest BCUT2D eigenvalue weighted by molar-refractivity contribution is 5.73. The SMILES string of the molecule is NC(=O)CCCCNCC(F)(F)F. The highest BCUT2D eigenvalue weighted by Gasteiger charge is 2.25. The molecule has 0 rings (SSSR count). The Balaban J connectivity index is 3.13. The van der Waals surface area contributed by atoms with Crippen molar-refractivity contribution >= 4 is 5.91 Å². The second kappa shape index (κ2) is 5.80. The second-order valence-electron chi connectivity index (χ2n) is 2.72. The van der Waals surface area contributed by atoms with Crippen molar-refractivity contribution in [2.45, 2.75) is 25.4 Å². The van der Waals surface area contributed by atoms with Crippen molar-refractivity contribution in [2.75, 3.05) is 13.1 Å². The number of amides is 1. The highest BCUT2D eigenvalue weighted by atomic mass is 19.4. The molecule has 0 fully saturated rings. The van der Waals surface area contributed by atoms with Crippen molar-refractivity contribution in [3.05, 3.63) is 0 Å². The molecule has 6 heteroatoms. The minimum absolute atomic E-state index is 0.230. The first-order chi connectivity index (χ1) is 5.92. The lowest BCUT2D eigenvalue weighted by molar-refractivity contribution is -0.125. The molecule has 0 bridgehead atoms. The summed E-state index contributed by atoms with van der Waals surface area (Å²) in [6.07, 6.45) is -2.88. The number of nitrogens with two attached hydrogens (primary N) is 1. The van der Waals surface area contributed by atoms with Crippen LogP contribution in [0, 0.1) is 0 Å². The van der Waals surface area contributed by atoms with Gasteiger partial charge in [-0.25, -0.2) is 0 Å². The van der Waals surface area contributed by atoms with Crippen molar-refractivity contribution in [1.82, 2.24) is 5.32 Å². The highest BCUT2D eigenvalue weighted by Crippen LogP contribution is 2.11. The van der Waals surface area contributed by atoms with Crippen LogP contribution in [-0.4, -0.2) is 25.2 Å². The lowest BCUT2D eigenvalue weighted by Crippen LogP contribution is -2.29. The standard InChI is InChI=1S/C7H13F3N2O/c8-7(9,10)5-12-4-2-1-3-6(11)13/h12H,1-5H2,(H2,11,13). The number of halogens is 3. The molecule has 0 aliphatic rings. The third kappa shape index (κ3) is 11.2. The second-order valence-corrected chi connectivity index (χ2v) is 2.72. The van der Waals surface area contributed by atoms with Gasteiger partial charge in [-0.15, -0.1) is 0 Å². The van der Waals surface area contributed by atoms with Gasteiger partial charge >= 0.3 is 6.18 Å². The number of carbonyl (C=O) groups excluding carboxylic acids is 1.